The molecule has 1 aliphatic heterocycles. The highest BCUT2D eigenvalue weighted by molar-refractivity contribution is 7.99. The van der Waals surface area contributed by atoms with Crippen LogP contribution in [0.15, 0.2) is 29.4 Å². The lowest BCUT2D eigenvalue weighted by Crippen LogP contribution is -2.47. The smallest absolute Gasteiger partial charge is 0.230 e. The summed E-state index contributed by atoms with van der Waals surface area (Å²) in [6.45, 7) is 1.75. The molecule has 0 radical (unpaired) electrons. The Morgan fingerprint density at radius 3 is 2.65 bits per heavy atom. The summed E-state index contributed by atoms with van der Waals surface area (Å²) in [5.74, 6) is 0.161. The summed E-state index contributed by atoms with van der Waals surface area (Å²) >= 11 is 1.21. The number of thioether (sulfide) groups is 1. The van der Waals surface area contributed by atoms with Gasteiger partial charge in [-0.2, -0.15) is 0 Å². The van der Waals surface area contributed by atoms with Crippen molar-refractivity contribution in [3.8, 4) is 11.4 Å². The first-order valence-corrected chi connectivity index (χ1v) is 10.8. The maximum atomic E-state index is 13.0. The Hall–Kier alpha value is -1.94. The molecule has 1 N–H and O–H groups in total. The van der Waals surface area contributed by atoms with Crippen molar-refractivity contribution < 1.29 is 17.6 Å². The van der Waals surface area contributed by atoms with Crippen LogP contribution in [-0.2, 0) is 21.7 Å². The van der Waals surface area contributed by atoms with Gasteiger partial charge in [0.2, 0.25) is 5.91 Å². The third-order valence-electron chi connectivity index (χ3n) is 4.21. The second kappa shape index (κ2) is 6.99. The molecule has 1 aliphatic rings. The maximum Gasteiger partial charge on any atom is 0.230 e. The molecule has 2 heterocycles. The Morgan fingerprint density at radius 2 is 2.04 bits per heavy atom. The van der Waals surface area contributed by atoms with Crippen LogP contribution in [0.1, 0.15) is 13.3 Å². The number of hydrogen-bond acceptors (Lipinski definition) is 6. The minimum absolute atomic E-state index is 0.0327. The van der Waals surface area contributed by atoms with Gasteiger partial charge in [0, 0.05) is 12.6 Å². The molecule has 140 valence electrons. The number of hydrogen-bond donors (Lipinski definition) is 1. The highest BCUT2D eigenvalue weighted by Crippen LogP contribution is 2.25. The van der Waals surface area contributed by atoms with E-state index in [1.165, 1.54) is 23.9 Å². The fourth-order valence-electron chi connectivity index (χ4n) is 2.90. The van der Waals surface area contributed by atoms with Gasteiger partial charge in [-0.3, -0.25) is 4.79 Å². The van der Waals surface area contributed by atoms with Crippen LogP contribution in [0.3, 0.4) is 0 Å². The number of sulfone groups is 1. The first-order valence-electron chi connectivity index (χ1n) is 7.97. The molecular formula is C16H19FN4O3S2. The van der Waals surface area contributed by atoms with Crippen LogP contribution < -0.4 is 5.32 Å². The zero-order valence-electron chi connectivity index (χ0n) is 14.4. The Balaban J connectivity index is 1.62. The molecule has 1 aromatic carbocycles. The first kappa shape index (κ1) is 18.8. The minimum Gasteiger partial charge on any atom is -0.349 e. The van der Waals surface area contributed by atoms with Crippen molar-refractivity contribution in [1.82, 2.24) is 20.1 Å². The average molecular weight is 398 g/mol. The highest BCUT2D eigenvalue weighted by atomic mass is 32.2. The second-order valence-corrected chi connectivity index (χ2v) is 9.74. The van der Waals surface area contributed by atoms with Crippen molar-refractivity contribution in [2.45, 2.75) is 24.0 Å². The molecule has 7 nitrogen and oxygen atoms in total. The summed E-state index contributed by atoms with van der Waals surface area (Å²) in [6.07, 6.45) is 0.421. The molecule has 0 spiro atoms. The molecule has 0 saturated carbocycles. The van der Waals surface area contributed by atoms with E-state index in [0.29, 0.717) is 17.4 Å². The molecule has 0 bridgehead atoms. The first-order chi connectivity index (χ1) is 12.2. The fraction of sp³-hybridized carbons (Fsp3) is 0.438. The average Bonchev–Trinajstić information content (AvgIpc) is 3.05. The standard InChI is InChI=1S/C16H19FN4O3S2/c1-16(7-8-26(23,24)10-16)18-13(22)9-25-15-20-19-14(21(15)2)11-3-5-12(17)6-4-11/h3-6H,7-10H2,1-2H3,(H,18,22)/t16-/m1/s1. The third kappa shape index (κ3) is 4.24. The van der Waals surface area contributed by atoms with E-state index in [4.69, 9.17) is 0 Å². The molecule has 1 amide bonds. The fourth-order valence-corrected chi connectivity index (χ4v) is 5.71. The van der Waals surface area contributed by atoms with Gasteiger partial charge in [-0.1, -0.05) is 11.8 Å². The molecular weight excluding hydrogens is 379 g/mol. The largest absolute Gasteiger partial charge is 0.349 e. The molecule has 1 aromatic heterocycles. The Kier molecular flexibility index (Phi) is 5.07. The normalized spacial score (nSPS) is 21.7. The van der Waals surface area contributed by atoms with E-state index in [9.17, 15) is 17.6 Å². The van der Waals surface area contributed by atoms with Crippen LogP contribution in [0.4, 0.5) is 4.39 Å². The van der Waals surface area contributed by atoms with Crippen LogP contribution in [0.25, 0.3) is 11.4 Å². The lowest BCUT2D eigenvalue weighted by Gasteiger charge is -2.23. The molecule has 3 rings (SSSR count). The number of amides is 1. The predicted octanol–water partition coefficient (Wildman–Crippen LogP) is 1.41. The van der Waals surface area contributed by atoms with E-state index in [1.807, 2.05) is 0 Å². The Morgan fingerprint density at radius 1 is 1.35 bits per heavy atom. The number of benzene rings is 1. The van der Waals surface area contributed by atoms with E-state index >= 15 is 0 Å². The summed E-state index contributed by atoms with van der Waals surface area (Å²) in [4.78, 5) is 12.2. The van der Waals surface area contributed by atoms with Crippen LogP contribution >= 0.6 is 11.8 Å². The van der Waals surface area contributed by atoms with Crippen molar-refractivity contribution in [3.05, 3.63) is 30.1 Å². The van der Waals surface area contributed by atoms with Crippen LogP contribution in [0.5, 0.6) is 0 Å². The molecule has 1 saturated heterocycles. The summed E-state index contributed by atoms with van der Waals surface area (Å²) in [5.41, 5.74) is 0.0108. The summed E-state index contributed by atoms with van der Waals surface area (Å²) < 4.78 is 38.0. The summed E-state index contributed by atoms with van der Waals surface area (Å²) in [6, 6.07) is 5.92. The van der Waals surface area contributed by atoms with E-state index in [0.717, 1.165) is 5.56 Å². The SMILES string of the molecule is Cn1c(SCC(=O)N[C@]2(C)CCS(=O)(=O)C2)nnc1-c1ccc(F)cc1. The number of carbonyl (C=O) groups excluding carboxylic acids is 1. The molecule has 26 heavy (non-hydrogen) atoms. The van der Waals surface area contributed by atoms with Crippen LogP contribution in [0, 0.1) is 5.82 Å². The molecule has 2 aromatic rings. The monoisotopic (exact) mass is 398 g/mol. The number of rotatable bonds is 5. The molecule has 0 aliphatic carbocycles. The topological polar surface area (TPSA) is 94.0 Å². The Labute approximate surface area is 155 Å². The minimum atomic E-state index is -3.08. The Bertz CT molecular complexity index is 927. The number of nitrogens with one attached hydrogen (secondary N) is 1. The summed E-state index contributed by atoms with van der Waals surface area (Å²) in [5, 5.41) is 11.5. The zero-order valence-corrected chi connectivity index (χ0v) is 16.0. The van der Waals surface area contributed by atoms with Crippen LogP contribution in [-0.4, -0.2) is 51.9 Å². The molecule has 0 unspecified atom stereocenters. The van der Waals surface area contributed by atoms with Gasteiger partial charge in [0.1, 0.15) is 5.82 Å². The maximum absolute atomic E-state index is 13.0. The van der Waals surface area contributed by atoms with Gasteiger partial charge in [0.25, 0.3) is 0 Å². The quantitative estimate of drug-likeness (QED) is 0.766. The lowest BCUT2D eigenvalue weighted by molar-refractivity contribution is -0.120. The van der Waals surface area contributed by atoms with Crippen molar-refractivity contribution in [3.63, 3.8) is 0 Å². The van der Waals surface area contributed by atoms with Gasteiger partial charge in [0.05, 0.1) is 22.8 Å². The second-order valence-electron chi connectivity index (χ2n) is 6.61. The molecule has 1 fully saturated rings. The van der Waals surface area contributed by atoms with Gasteiger partial charge in [-0.15, -0.1) is 10.2 Å². The third-order valence-corrected chi connectivity index (χ3v) is 7.14. The number of carbonyl (C=O) groups is 1. The number of nitrogens with zero attached hydrogens (tertiary/aromatic N) is 3. The van der Waals surface area contributed by atoms with Crippen LogP contribution in [0.2, 0.25) is 0 Å². The highest BCUT2D eigenvalue weighted by Gasteiger charge is 2.39. The van der Waals surface area contributed by atoms with Gasteiger partial charge in [0.15, 0.2) is 20.8 Å². The van der Waals surface area contributed by atoms with Crippen molar-refractivity contribution in [2.24, 2.45) is 7.05 Å². The van der Waals surface area contributed by atoms with Crippen molar-refractivity contribution >= 4 is 27.5 Å². The number of halogens is 1. The zero-order chi connectivity index (χ0) is 18.9. The van der Waals surface area contributed by atoms with Crippen molar-refractivity contribution in [1.29, 1.82) is 0 Å². The van der Waals surface area contributed by atoms with Gasteiger partial charge < -0.3 is 9.88 Å². The van der Waals surface area contributed by atoms with E-state index in [1.54, 1.807) is 30.7 Å². The number of aromatic nitrogens is 3. The van der Waals surface area contributed by atoms with E-state index in [-0.39, 0.29) is 29.0 Å². The predicted molar refractivity (Wildman–Crippen MR) is 96.9 cm³/mol. The lowest BCUT2D eigenvalue weighted by atomic mass is 10.0. The summed E-state index contributed by atoms with van der Waals surface area (Å²) in [7, 11) is -1.31. The van der Waals surface area contributed by atoms with Gasteiger partial charge >= 0.3 is 0 Å². The van der Waals surface area contributed by atoms with Crippen molar-refractivity contribution in [2.75, 3.05) is 17.3 Å². The van der Waals surface area contributed by atoms with Gasteiger partial charge in [-0.25, -0.2) is 12.8 Å². The molecule has 1 atom stereocenters. The van der Waals surface area contributed by atoms with E-state index < -0.39 is 15.4 Å². The van der Waals surface area contributed by atoms with Gasteiger partial charge in [-0.05, 0) is 37.6 Å². The molecule has 10 heteroatoms. The van der Waals surface area contributed by atoms with E-state index in [2.05, 4.69) is 15.5 Å².